The lowest BCUT2D eigenvalue weighted by Crippen LogP contribution is -2.63. The van der Waals surface area contributed by atoms with Crippen LogP contribution in [0, 0.1) is 5.92 Å². The first-order chi connectivity index (χ1) is 14.2. The van der Waals surface area contributed by atoms with Crippen LogP contribution in [-0.4, -0.2) is 70.4 Å². The summed E-state index contributed by atoms with van der Waals surface area (Å²) in [5.74, 6) is 0.388. The molecule has 2 aliphatic rings. The summed E-state index contributed by atoms with van der Waals surface area (Å²) in [5.41, 5.74) is 0.434. The lowest BCUT2D eigenvalue weighted by Gasteiger charge is -2.50. The molecule has 1 heterocycles. The van der Waals surface area contributed by atoms with Crippen molar-refractivity contribution >= 4 is 0 Å². The minimum atomic E-state index is -1.02. The predicted molar refractivity (Wildman–Crippen MR) is 116 cm³/mol. The Balaban J connectivity index is 1.99. The van der Waals surface area contributed by atoms with Crippen LogP contribution in [0.3, 0.4) is 0 Å². The van der Waals surface area contributed by atoms with Gasteiger partial charge in [0.05, 0.1) is 36.6 Å². The molecule has 0 aromatic heterocycles. The van der Waals surface area contributed by atoms with E-state index in [1.165, 1.54) is 0 Å². The Kier molecular flexibility index (Phi) is 6.94. The fourth-order valence-corrected chi connectivity index (χ4v) is 5.47. The van der Waals surface area contributed by atoms with E-state index in [0.717, 1.165) is 16.9 Å². The zero-order valence-electron chi connectivity index (χ0n) is 18.8. The van der Waals surface area contributed by atoms with E-state index in [1.54, 1.807) is 14.2 Å². The van der Waals surface area contributed by atoms with Crippen molar-refractivity contribution in [2.24, 2.45) is 5.92 Å². The average molecular weight is 420 g/mol. The molecule has 0 radical (unpaired) electrons. The van der Waals surface area contributed by atoms with Gasteiger partial charge in [-0.25, -0.2) is 0 Å². The molecule has 1 saturated heterocycles. The number of ether oxygens (including phenoxy) is 2. The summed E-state index contributed by atoms with van der Waals surface area (Å²) >= 11 is 0. The van der Waals surface area contributed by atoms with Crippen LogP contribution in [0.5, 0.6) is 5.75 Å². The van der Waals surface area contributed by atoms with E-state index >= 15 is 0 Å². The highest BCUT2D eigenvalue weighted by molar-refractivity contribution is 5.28. The summed E-state index contributed by atoms with van der Waals surface area (Å²) < 4.78 is 11.0. The molecule has 6 heteroatoms. The zero-order valence-corrected chi connectivity index (χ0v) is 18.8. The molecule has 3 rings (SSSR count). The second kappa shape index (κ2) is 8.97. The van der Waals surface area contributed by atoms with Gasteiger partial charge in [-0.2, -0.15) is 0 Å². The SMILES string of the molecule is COc1ccc(CN2C[C@@]3(O)CC[C@@H](O)[C@@H](OC)[C@@H]3[C@@]2(C)[C@H](O)CC=C(C)C)cc1. The molecule has 0 amide bonds. The third-order valence-corrected chi connectivity index (χ3v) is 7.16. The van der Waals surface area contributed by atoms with E-state index in [0.29, 0.717) is 32.4 Å². The highest BCUT2D eigenvalue weighted by Gasteiger charge is 2.65. The number of nitrogens with zero attached hydrogens (tertiary/aromatic N) is 1. The molecule has 1 aromatic rings. The molecule has 1 aliphatic carbocycles. The zero-order chi connectivity index (χ0) is 22.1. The van der Waals surface area contributed by atoms with E-state index in [9.17, 15) is 15.3 Å². The van der Waals surface area contributed by atoms with E-state index in [-0.39, 0.29) is 0 Å². The fourth-order valence-electron chi connectivity index (χ4n) is 5.47. The van der Waals surface area contributed by atoms with Gasteiger partial charge in [-0.05, 0) is 57.7 Å². The van der Waals surface area contributed by atoms with Gasteiger partial charge in [-0.15, -0.1) is 0 Å². The maximum Gasteiger partial charge on any atom is 0.118 e. The molecule has 6 nitrogen and oxygen atoms in total. The van der Waals surface area contributed by atoms with Crippen LogP contribution in [0.4, 0.5) is 0 Å². The maximum atomic E-state index is 11.6. The molecule has 1 aliphatic heterocycles. The van der Waals surface area contributed by atoms with E-state index in [2.05, 4.69) is 4.90 Å². The third-order valence-electron chi connectivity index (χ3n) is 7.16. The molecule has 6 atom stereocenters. The van der Waals surface area contributed by atoms with Crippen molar-refractivity contribution in [3.8, 4) is 5.75 Å². The van der Waals surface area contributed by atoms with Crippen molar-refractivity contribution in [1.82, 2.24) is 4.90 Å². The van der Waals surface area contributed by atoms with Gasteiger partial charge in [0.15, 0.2) is 0 Å². The summed E-state index contributed by atoms with van der Waals surface area (Å²) in [6.45, 7) is 7.04. The highest BCUT2D eigenvalue weighted by atomic mass is 16.5. The van der Waals surface area contributed by atoms with Crippen molar-refractivity contribution in [3.63, 3.8) is 0 Å². The van der Waals surface area contributed by atoms with Gasteiger partial charge >= 0.3 is 0 Å². The number of β-amino-alcohol motifs (C(OH)–C–C–N with tert-alkyl or cyclic N) is 1. The molecule has 3 N–H and O–H groups in total. The van der Waals surface area contributed by atoms with Crippen LogP contribution >= 0.6 is 0 Å². The van der Waals surface area contributed by atoms with Crippen LogP contribution in [0.25, 0.3) is 0 Å². The van der Waals surface area contributed by atoms with Gasteiger partial charge in [-0.3, -0.25) is 4.90 Å². The first-order valence-electron chi connectivity index (χ1n) is 10.8. The molecule has 30 heavy (non-hydrogen) atoms. The number of fused-ring (bicyclic) bond motifs is 1. The second-order valence-corrected chi connectivity index (χ2v) is 9.35. The van der Waals surface area contributed by atoms with Crippen LogP contribution < -0.4 is 4.74 Å². The van der Waals surface area contributed by atoms with E-state index in [4.69, 9.17) is 9.47 Å². The standard InChI is InChI=1S/C24H37NO5/c1-16(2)6-11-20(27)23(3)22-21(30-5)19(26)12-13-24(22,28)15-25(23)14-17-7-9-18(29-4)10-8-17/h6-10,19-22,26-28H,11-15H2,1-5H3/t19-,20-,21-,22-,23-,24+/m1/s1. The van der Waals surface area contributed by atoms with Crippen LogP contribution in [0.2, 0.25) is 0 Å². The summed E-state index contributed by atoms with van der Waals surface area (Å²) in [6.07, 6.45) is 1.58. The minimum Gasteiger partial charge on any atom is -0.497 e. The topological polar surface area (TPSA) is 82.4 Å². The number of aliphatic hydroxyl groups excluding tert-OH is 2. The van der Waals surface area contributed by atoms with E-state index in [1.807, 2.05) is 51.1 Å². The number of hydrogen-bond acceptors (Lipinski definition) is 6. The number of methoxy groups -OCH3 is 2. The first kappa shape index (κ1) is 23.2. The van der Waals surface area contributed by atoms with E-state index < -0.39 is 35.4 Å². The molecule has 1 saturated carbocycles. The van der Waals surface area contributed by atoms with Crippen molar-refractivity contribution < 1.29 is 24.8 Å². The second-order valence-electron chi connectivity index (χ2n) is 9.35. The van der Waals surface area contributed by atoms with Gasteiger partial charge in [0.2, 0.25) is 0 Å². The fraction of sp³-hybridized carbons (Fsp3) is 0.667. The Hall–Kier alpha value is -1.44. The number of aliphatic hydroxyl groups is 3. The monoisotopic (exact) mass is 419 g/mol. The van der Waals surface area contributed by atoms with Crippen molar-refractivity contribution in [1.29, 1.82) is 0 Å². The first-order valence-corrected chi connectivity index (χ1v) is 10.8. The number of benzene rings is 1. The van der Waals surface area contributed by atoms with Gasteiger partial charge in [0, 0.05) is 26.1 Å². The minimum absolute atomic E-state index is 0.405. The maximum absolute atomic E-state index is 11.6. The third kappa shape index (κ3) is 4.16. The van der Waals surface area contributed by atoms with Crippen LogP contribution in [0.15, 0.2) is 35.9 Å². The highest BCUT2D eigenvalue weighted by Crippen LogP contribution is 2.52. The number of hydrogen-bond donors (Lipinski definition) is 3. The summed E-state index contributed by atoms with van der Waals surface area (Å²) in [7, 11) is 3.22. The molecular formula is C24H37NO5. The molecule has 0 bridgehead atoms. The summed E-state index contributed by atoms with van der Waals surface area (Å²) in [5, 5.41) is 33.7. The van der Waals surface area contributed by atoms with Crippen molar-refractivity contribution in [2.45, 2.75) is 76.0 Å². The normalized spacial score (nSPS) is 35.0. The smallest absolute Gasteiger partial charge is 0.118 e. The Morgan fingerprint density at radius 2 is 1.93 bits per heavy atom. The van der Waals surface area contributed by atoms with Crippen LogP contribution in [-0.2, 0) is 11.3 Å². The molecular weight excluding hydrogens is 382 g/mol. The number of likely N-dealkylation sites (tertiary alicyclic amines) is 1. The van der Waals surface area contributed by atoms with Gasteiger partial charge in [0.1, 0.15) is 5.75 Å². The Bertz CT molecular complexity index is 746. The predicted octanol–water partition coefficient (Wildman–Crippen LogP) is 2.50. The Labute approximate surface area is 180 Å². The molecule has 168 valence electrons. The largest absolute Gasteiger partial charge is 0.497 e. The molecule has 0 unspecified atom stereocenters. The molecule has 1 aromatic carbocycles. The number of rotatable bonds is 7. The van der Waals surface area contributed by atoms with Crippen LogP contribution in [0.1, 0.15) is 45.6 Å². The summed E-state index contributed by atoms with van der Waals surface area (Å²) in [4.78, 5) is 2.17. The number of allylic oxidation sites excluding steroid dienone is 1. The van der Waals surface area contributed by atoms with Crippen molar-refractivity contribution in [3.05, 3.63) is 41.5 Å². The molecule has 2 fully saturated rings. The van der Waals surface area contributed by atoms with Gasteiger partial charge < -0.3 is 24.8 Å². The lowest BCUT2D eigenvalue weighted by atomic mass is 9.65. The summed E-state index contributed by atoms with van der Waals surface area (Å²) in [6, 6.07) is 7.87. The van der Waals surface area contributed by atoms with Gasteiger partial charge in [-0.1, -0.05) is 23.8 Å². The molecule has 0 spiro atoms. The quantitative estimate of drug-likeness (QED) is 0.589. The average Bonchev–Trinajstić information content (AvgIpc) is 2.95. The van der Waals surface area contributed by atoms with Gasteiger partial charge in [0.25, 0.3) is 0 Å². The Morgan fingerprint density at radius 3 is 2.50 bits per heavy atom. The van der Waals surface area contributed by atoms with Crippen molar-refractivity contribution in [2.75, 3.05) is 20.8 Å². The Morgan fingerprint density at radius 1 is 1.27 bits per heavy atom. The lowest BCUT2D eigenvalue weighted by molar-refractivity contribution is -0.169.